The molecule has 1 aliphatic rings. The lowest BCUT2D eigenvalue weighted by Crippen LogP contribution is -2.33. The van der Waals surface area contributed by atoms with Crippen molar-refractivity contribution < 1.29 is 4.79 Å². The Balaban J connectivity index is 2.13. The summed E-state index contributed by atoms with van der Waals surface area (Å²) in [6.07, 6.45) is 5.10. The molecule has 0 aliphatic carbocycles. The van der Waals surface area contributed by atoms with Crippen molar-refractivity contribution in [3.8, 4) is 0 Å². The third-order valence-corrected chi connectivity index (χ3v) is 2.76. The van der Waals surface area contributed by atoms with E-state index in [1.807, 2.05) is 35.2 Å². The number of carbonyl (C=O) groups is 1. The number of benzene rings is 1. The van der Waals surface area contributed by atoms with Crippen LogP contribution < -0.4 is 0 Å². The first-order chi connectivity index (χ1) is 7.27. The first-order valence-electron chi connectivity index (χ1n) is 5.00. The van der Waals surface area contributed by atoms with Gasteiger partial charge in [0.1, 0.15) is 0 Å². The van der Waals surface area contributed by atoms with Crippen molar-refractivity contribution in [3.05, 3.63) is 42.0 Å². The lowest BCUT2D eigenvalue weighted by molar-refractivity contribution is 0.0771. The van der Waals surface area contributed by atoms with Crippen molar-refractivity contribution in [1.29, 1.82) is 0 Å². The van der Waals surface area contributed by atoms with Crippen molar-refractivity contribution in [2.45, 2.75) is 11.3 Å². The van der Waals surface area contributed by atoms with Crippen LogP contribution in [-0.2, 0) is 0 Å². The van der Waals surface area contributed by atoms with Gasteiger partial charge in [0.05, 0.1) is 0 Å². The summed E-state index contributed by atoms with van der Waals surface area (Å²) < 4.78 is 0. The molecule has 1 amide bonds. The normalized spacial score (nSPS) is 15.4. The van der Waals surface area contributed by atoms with Crippen LogP contribution >= 0.6 is 12.6 Å². The van der Waals surface area contributed by atoms with E-state index >= 15 is 0 Å². The van der Waals surface area contributed by atoms with Crippen LogP contribution in [0, 0.1) is 0 Å². The van der Waals surface area contributed by atoms with Crippen LogP contribution in [0.1, 0.15) is 16.8 Å². The summed E-state index contributed by atoms with van der Waals surface area (Å²) in [7, 11) is 0. The highest BCUT2D eigenvalue weighted by Crippen LogP contribution is 2.12. The summed E-state index contributed by atoms with van der Waals surface area (Å²) in [6, 6.07) is 7.33. The molecule has 78 valence electrons. The molecule has 0 fully saturated rings. The van der Waals surface area contributed by atoms with E-state index in [4.69, 9.17) is 0 Å². The minimum absolute atomic E-state index is 0.104. The topological polar surface area (TPSA) is 20.3 Å². The molecule has 1 aromatic rings. The molecule has 2 nitrogen and oxygen atoms in total. The molecule has 1 aromatic carbocycles. The summed E-state index contributed by atoms with van der Waals surface area (Å²) in [5.41, 5.74) is 0.739. The van der Waals surface area contributed by atoms with E-state index in [0.717, 1.165) is 30.0 Å². The number of thiol groups is 1. The fourth-order valence-corrected chi connectivity index (χ4v) is 1.76. The molecule has 1 aliphatic heterocycles. The van der Waals surface area contributed by atoms with Gasteiger partial charge in [0, 0.05) is 23.5 Å². The monoisotopic (exact) mass is 219 g/mol. The molecule has 0 atom stereocenters. The first-order valence-corrected chi connectivity index (χ1v) is 5.45. The zero-order valence-corrected chi connectivity index (χ0v) is 9.28. The Labute approximate surface area is 95.0 Å². The zero-order valence-electron chi connectivity index (χ0n) is 8.39. The van der Waals surface area contributed by atoms with Crippen molar-refractivity contribution in [3.63, 3.8) is 0 Å². The highest BCUT2D eigenvalue weighted by atomic mass is 32.1. The predicted octanol–water partition coefficient (Wildman–Crippen LogP) is 2.38. The van der Waals surface area contributed by atoms with E-state index in [2.05, 4.69) is 18.7 Å². The van der Waals surface area contributed by atoms with Gasteiger partial charge in [-0.25, -0.2) is 0 Å². The van der Waals surface area contributed by atoms with E-state index in [9.17, 15) is 4.79 Å². The lowest BCUT2D eigenvalue weighted by Gasteiger charge is -2.23. The van der Waals surface area contributed by atoms with E-state index in [1.165, 1.54) is 0 Å². The fraction of sp³-hybridized carbons (Fsp3) is 0.250. The second-order valence-corrected chi connectivity index (χ2v) is 4.07. The molecule has 15 heavy (non-hydrogen) atoms. The Hall–Kier alpha value is -1.22. The van der Waals surface area contributed by atoms with E-state index in [-0.39, 0.29) is 5.91 Å². The molecule has 3 heteroatoms. The first kappa shape index (κ1) is 10.3. The largest absolute Gasteiger partial charge is 0.335 e. The second-order valence-electron chi connectivity index (χ2n) is 3.56. The van der Waals surface area contributed by atoms with Gasteiger partial charge in [0.15, 0.2) is 0 Å². The molecule has 2 rings (SSSR count). The molecule has 0 N–H and O–H groups in total. The number of hydrogen-bond donors (Lipinski definition) is 1. The van der Waals surface area contributed by atoms with E-state index in [1.54, 1.807) is 0 Å². The third-order valence-electron chi connectivity index (χ3n) is 2.46. The Morgan fingerprint density at radius 2 is 1.93 bits per heavy atom. The standard InChI is InChI=1S/C12H13NOS/c14-12(13-8-2-1-3-9-13)10-4-6-11(15)7-5-10/h1-2,4-7,15H,3,8-9H2. The molecule has 0 aromatic heterocycles. The molecule has 0 spiro atoms. The fourth-order valence-electron chi connectivity index (χ4n) is 1.61. The molecule has 1 heterocycles. The van der Waals surface area contributed by atoms with Crippen LogP contribution in [0.25, 0.3) is 0 Å². The van der Waals surface area contributed by atoms with Crippen LogP contribution in [0.2, 0.25) is 0 Å². The highest BCUT2D eigenvalue weighted by Gasteiger charge is 2.15. The van der Waals surface area contributed by atoms with Crippen LogP contribution in [-0.4, -0.2) is 23.9 Å². The quantitative estimate of drug-likeness (QED) is 0.568. The number of amides is 1. The number of nitrogens with zero attached hydrogens (tertiary/aromatic N) is 1. The molecule has 0 unspecified atom stereocenters. The second kappa shape index (κ2) is 4.53. The van der Waals surface area contributed by atoms with Crippen molar-refractivity contribution >= 4 is 18.5 Å². The van der Waals surface area contributed by atoms with Crippen molar-refractivity contribution in [2.75, 3.05) is 13.1 Å². The van der Waals surface area contributed by atoms with Crippen LogP contribution in [0.3, 0.4) is 0 Å². The van der Waals surface area contributed by atoms with Gasteiger partial charge in [-0.15, -0.1) is 12.6 Å². The Morgan fingerprint density at radius 3 is 2.53 bits per heavy atom. The van der Waals surface area contributed by atoms with Crippen molar-refractivity contribution in [1.82, 2.24) is 4.90 Å². The average molecular weight is 219 g/mol. The number of carbonyl (C=O) groups excluding carboxylic acids is 1. The maximum absolute atomic E-state index is 12.0. The van der Waals surface area contributed by atoms with Gasteiger partial charge in [-0.05, 0) is 30.7 Å². The van der Waals surface area contributed by atoms with Gasteiger partial charge in [-0.3, -0.25) is 4.79 Å². The zero-order chi connectivity index (χ0) is 10.7. The Kier molecular flexibility index (Phi) is 3.11. The number of rotatable bonds is 1. The summed E-state index contributed by atoms with van der Waals surface area (Å²) in [5, 5.41) is 0. The summed E-state index contributed by atoms with van der Waals surface area (Å²) >= 11 is 4.19. The maximum Gasteiger partial charge on any atom is 0.254 e. The summed E-state index contributed by atoms with van der Waals surface area (Å²) in [4.78, 5) is 14.7. The van der Waals surface area contributed by atoms with Gasteiger partial charge in [0.2, 0.25) is 0 Å². The molecule has 0 saturated heterocycles. The van der Waals surface area contributed by atoms with Crippen LogP contribution in [0.4, 0.5) is 0 Å². The molecule has 0 bridgehead atoms. The highest BCUT2D eigenvalue weighted by molar-refractivity contribution is 7.80. The van der Waals surface area contributed by atoms with Crippen LogP contribution in [0.5, 0.6) is 0 Å². The van der Waals surface area contributed by atoms with Gasteiger partial charge < -0.3 is 4.90 Å². The average Bonchev–Trinajstić information content (AvgIpc) is 2.30. The Morgan fingerprint density at radius 1 is 1.20 bits per heavy atom. The maximum atomic E-state index is 12.0. The Bertz CT molecular complexity index is 383. The van der Waals surface area contributed by atoms with Crippen molar-refractivity contribution in [2.24, 2.45) is 0 Å². The van der Waals surface area contributed by atoms with Gasteiger partial charge in [-0.1, -0.05) is 12.2 Å². The molecular formula is C12H13NOS. The van der Waals surface area contributed by atoms with Crippen LogP contribution in [0.15, 0.2) is 41.3 Å². The lowest BCUT2D eigenvalue weighted by atomic mass is 10.1. The predicted molar refractivity (Wildman–Crippen MR) is 63.4 cm³/mol. The van der Waals surface area contributed by atoms with Gasteiger partial charge >= 0.3 is 0 Å². The summed E-state index contributed by atoms with van der Waals surface area (Å²) in [6.45, 7) is 1.54. The van der Waals surface area contributed by atoms with Gasteiger partial charge in [0.25, 0.3) is 5.91 Å². The molecular weight excluding hydrogens is 206 g/mol. The third kappa shape index (κ3) is 2.42. The summed E-state index contributed by atoms with van der Waals surface area (Å²) in [5.74, 6) is 0.104. The van der Waals surface area contributed by atoms with E-state index < -0.39 is 0 Å². The van der Waals surface area contributed by atoms with Gasteiger partial charge in [-0.2, -0.15) is 0 Å². The van der Waals surface area contributed by atoms with E-state index in [0.29, 0.717) is 0 Å². The SMILES string of the molecule is O=C(c1ccc(S)cc1)N1CC=CCC1. The minimum Gasteiger partial charge on any atom is -0.335 e. The molecule has 0 radical (unpaired) electrons. The number of hydrogen-bond acceptors (Lipinski definition) is 2. The minimum atomic E-state index is 0.104. The molecule has 0 saturated carbocycles. The smallest absolute Gasteiger partial charge is 0.254 e.